The number of benzene rings is 2. The Hall–Kier alpha value is -3.19. The first-order chi connectivity index (χ1) is 15.9. The molecule has 6 nitrogen and oxygen atoms in total. The summed E-state index contributed by atoms with van der Waals surface area (Å²) in [5.41, 5.74) is 2.32. The quantitative estimate of drug-likeness (QED) is 0.340. The molecule has 2 aromatic carbocycles. The third-order valence-electron chi connectivity index (χ3n) is 6.35. The van der Waals surface area contributed by atoms with Gasteiger partial charge in [-0.1, -0.05) is 67.9 Å². The maximum absolute atomic E-state index is 14.9. The molecule has 0 saturated carbocycles. The molecule has 0 aliphatic carbocycles. The fourth-order valence-corrected chi connectivity index (χ4v) is 4.22. The highest BCUT2D eigenvalue weighted by Gasteiger charge is 2.28. The van der Waals surface area contributed by atoms with Crippen LogP contribution in [-0.4, -0.2) is 42.2 Å². The zero-order valence-electron chi connectivity index (χ0n) is 19.3. The third-order valence-corrected chi connectivity index (χ3v) is 6.35. The van der Waals surface area contributed by atoms with Crippen LogP contribution in [0.15, 0.2) is 59.1 Å². The van der Waals surface area contributed by atoms with Crippen LogP contribution < -0.4 is 10.6 Å². The highest BCUT2D eigenvalue weighted by atomic mass is 19.1. The van der Waals surface area contributed by atoms with Gasteiger partial charge in [0.15, 0.2) is 5.96 Å². The fraction of sp³-hybridized carbons (Fsp3) is 0.385. The lowest BCUT2D eigenvalue weighted by molar-refractivity contribution is 0.232. The molecule has 0 bridgehead atoms. The lowest BCUT2D eigenvalue weighted by Crippen LogP contribution is -2.39. The number of nitrogens with zero attached hydrogens (tertiary/aromatic N) is 2. The van der Waals surface area contributed by atoms with Crippen LogP contribution >= 0.6 is 0 Å². The number of nitrogens with one attached hydrogen (secondary N) is 3. The average molecular weight is 450 g/mol. The first-order valence-corrected chi connectivity index (χ1v) is 11.6. The van der Waals surface area contributed by atoms with E-state index < -0.39 is 5.41 Å². The van der Waals surface area contributed by atoms with Gasteiger partial charge < -0.3 is 14.7 Å². The van der Waals surface area contributed by atoms with Gasteiger partial charge >= 0.3 is 0 Å². The molecule has 33 heavy (non-hydrogen) atoms. The second-order valence-electron chi connectivity index (χ2n) is 9.09. The standard InChI is InChI=1S/C26H32FN5O/c1-26(2,20-11-12-21(22(27)17-20)19-9-5-3-6-10-19)23-18-24(33-31-23)30-25(28)29-13-16-32-14-7-4-8-15-32/h3,5-6,9-12,17-18H,4,7-8,13-16H2,1-2H3,(H3,28,29,30). The number of likely N-dealkylation sites (tertiary alicyclic amines) is 1. The Balaban J connectivity index is 1.37. The molecule has 2 heterocycles. The minimum Gasteiger partial charge on any atom is -0.355 e. The van der Waals surface area contributed by atoms with Gasteiger partial charge in [0.05, 0.1) is 5.69 Å². The van der Waals surface area contributed by atoms with Crippen molar-refractivity contribution in [1.82, 2.24) is 15.4 Å². The monoisotopic (exact) mass is 449 g/mol. The second kappa shape index (κ2) is 10.2. The summed E-state index contributed by atoms with van der Waals surface area (Å²) in [5, 5.41) is 18.3. The van der Waals surface area contributed by atoms with E-state index in [1.807, 2.05) is 56.3 Å². The summed E-state index contributed by atoms with van der Waals surface area (Å²) in [4.78, 5) is 2.42. The van der Waals surface area contributed by atoms with Crippen molar-refractivity contribution in [3.63, 3.8) is 0 Å². The maximum Gasteiger partial charge on any atom is 0.231 e. The van der Waals surface area contributed by atoms with Gasteiger partial charge in [0, 0.05) is 30.1 Å². The topological polar surface area (TPSA) is 77.2 Å². The van der Waals surface area contributed by atoms with Gasteiger partial charge in [-0.3, -0.25) is 10.7 Å². The minimum absolute atomic E-state index is 0.172. The van der Waals surface area contributed by atoms with Crippen molar-refractivity contribution < 1.29 is 8.91 Å². The highest BCUT2D eigenvalue weighted by molar-refractivity contribution is 5.89. The molecule has 0 radical (unpaired) electrons. The van der Waals surface area contributed by atoms with Gasteiger partial charge in [-0.05, 0) is 43.1 Å². The van der Waals surface area contributed by atoms with Crippen LogP contribution in [0.1, 0.15) is 44.4 Å². The fourth-order valence-electron chi connectivity index (χ4n) is 4.22. The molecule has 0 spiro atoms. The lowest BCUT2D eigenvalue weighted by Gasteiger charge is -2.26. The number of hydrogen-bond acceptors (Lipinski definition) is 4. The number of guanidine groups is 1. The normalized spacial score (nSPS) is 14.8. The predicted octanol–water partition coefficient (Wildman–Crippen LogP) is 5.23. The summed E-state index contributed by atoms with van der Waals surface area (Å²) in [7, 11) is 0. The molecule has 3 N–H and O–H groups in total. The van der Waals surface area contributed by atoms with E-state index in [1.165, 1.54) is 19.3 Å². The smallest absolute Gasteiger partial charge is 0.231 e. The zero-order valence-corrected chi connectivity index (χ0v) is 19.3. The van der Waals surface area contributed by atoms with Gasteiger partial charge in [-0.2, -0.15) is 0 Å². The first kappa shape index (κ1) is 23.0. The summed E-state index contributed by atoms with van der Waals surface area (Å²) < 4.78 is 20.3. The number of halogens is 1. The van der Waals surface area contributed by atoms with E-state index in [4.69, 9.17) is 9.93 Å². The molecule has 174 valence electrons. The van der Waals surface area contributed by atoms with E-state index in [0.717, 1.165) is 30.8 Å². The van der Waals surface area contributed by atoms with Crippen LogP contribution in [0.5, 0.6) is 0 Å². The summed E-state index contributed by atoms with van der Waals surface area (Å²) in [6.07, 6.45) is 3.83. The van der Waals surface area contributed by atoms with E-state index in [2.05, 4.69) is 20.7 Å². The molecule has 1 aliphatic rings. The molecule has 7 heteroatoms. The van der Waals surface area contributed by atoms with Crippen LogP contribution in [0.25, 0.3) is 11.1 Å². The van der Waals surface area contributed by atoms with Crippen LogP contribution in [0.3, 0.4) is 0 Å². The number of hydrogen-bond donors (Lipinski definition) is 3. The van der Waals surface area contributed by atoms with E-state index in [0.29, 0.717) is 23.7 Å². The predicted molar refractivity (Wildman–Crippen MR) is 130 cm³/mol. The van der Waals surface area contributed by atoms with Crippen LogP contribution in [-0.2, 0) is 5.41 Å². The molecule has 3 aromatic rings. The molecule has 1 aromatic heterocycles. The van der Waals surface area contributed by atoms with Crippen molar-refractivity contribution in [3.05, 3.63) is 71.7 Å². The Morgan fingerprint density at radius 3 is 2.58 bits per heavy atom. The number of rotatable bonds is 7. The maximum atomic E-state index is 14.9. The zero-order chi connectivity index (χ0) is 23.3. The molecule has 1 fully saturated rings. The molecule has 0 amide bonds. The van der Waals surface area contributed by atoms with Crippen molar-refractivity contribution in [3.8, 4) is 11.1 Å². The Morgan fingerprint density at radius 1 is 1.09 bits per heavy atom. The highest BCUT2D eigenvalue weighted by Crippen LogP contribution is 2.34. The van der Waals surface area contributed by atoms with Gasteiger partial charge in [0.25, 0.3) is 0 Å². The summed E-state index contributed by atoms with van der Waals surface area (Å²) >= 11 is 0. The van der Waals surface area contributed by atoms with E-state index in [9.17, 15) is 4.39 Å². The summed E-state index contributed by atoms with van der Waals surface area (Å²) in [5.74, 6) is 0.286. The van der Waals surface area contributed by atoms with Gasteiger partial charge in [0.1, 0.15) is 5.82 Å². The van der Waals surface area contributed by atoms with Crippen LogP contribution in [0.4, 0.5) is 10.3 Å². The Morgan fingerprint density at radius 2 is 1.85 bits per heavy atom. The van der Waals surface area contributed by atoms with Crippen LogP contribution in [0, 0.1) is 11.2 Å². The number of aromatic nitrogens is 1. The van der Waals surface area contributed by atoms with Crippen molar-refractivity contribution >= 4 is 11.8 Å². The molecule has 4 rings (SSSR count). The Kier molecular flexibility index (Phi) is 7.08. The Labute approximate surface area is 194 Å². The number of piperidine rings is 1. The molecule has 1 aliphatic heterocycles. The lowest BCUT2D eigenvalue weighted by atomic mass is 9.81. The third kappa shape index (κ3) is 5.60. The summed E-state index contributed by atoms with van der Waals surface area (Å²) in [6.45, 7) is 7.85. The average Bonchev–Trinajstić information content (AvgIpc) is 3.29. The van der Waals surface area contributed by atoms with Gasteiger partial charge in [0.2, 0.25) is 5.88 Å². The molecular formula is C26H32FN5O. The van der Waals surface area contributed by atoms with E-state index in [1.54, 1.807) is 12.1 Å². The minimum atomic E-state index is -0.566. The van der Waals surface area contributed by atoms with E-state index in [-0.39, 0.29) is 11.8 Å². The largest absolute Gasteiger partial charge is 0.355 e. The van der Waals surface area contributed by atoms with Gasteiger partial charge in [-0.25, -0.2) is 4.39 Å². The number of anilines is 1. The van der Waals surface area contributed by atoms with Crippen molar-refractivity contribution in [1.29, 1.82) is 5.41 Å². The molecule has 0 unspecified atom stereocenters. The van der Waals surface area contributed by atoms with Crippen molar-refractivity contribution in [2.45, 2.75) is 38.5 Å². The van der Waals surface area contributed by atoms with Crippen molar-refractivity contribution in [2.24, 2.45) is 0 Å². The van der Waals surface area contributed by atoms with Crippen molar-refractivity contribution in [2.75, 3.05) is 31.5 Å². The molecular weight excluding hydrogens is 417 g/mol. The summed E-state index contributed by atoms with van der Waals surface area (Å²) in [6, 6.07) is 16.6. The molecule has 1 saturated heterocycles. The van der Waals surface area contributed by atoms with Gasteiger partial charge in [-0.15, -0.1) is 0 Å². The van der Waals surface area contributed by atoms with Crippen LogP contribution in [0.2, 0.25) is 0 Å². The SMILES string of the molecule is CC(C)(c1ccc(-c2ccccc2)c(F)c1)c1cc(NC(=N)NCCN2CCCCC2)on1. The first-order valence-electron chi connectivity index (χ1n) is 11.6. The second-order valence-corrected chi connectivity index (χ2v) is 9.09. The van der Waals surface area contributed by atoms with E-state index >= 15 is 0 Å². The molecule has 0 atom stereocenters. The Bertz CT molecular complexity index is 1070.